The van der Waals surface area contributed by atoms with Gasteiger partial charge in [0, 0.05) is 32.1 Å². The second-order valence-corrected chi connectivity index (χ2v) is 7.97. The summed E-state index contributed by atoms with van der Waals surface area (Å²) in [7, 11) is 0. The van der Waals surface area contributed by atoms with Crippen molar-refractivity contribution in [1.82, 2.24) is 4.98 Å². The van der Waals surface area contributed by atoms with Gasteiger partial charge in [-0.05, 0) is 67.6 Å². The van der Waals surface area contributed by atoms with Crippen LogP contribution in [-0.4, -0.2) is 4.98 Å². The summed E-state index contributed by atoms with van der Waals surface area (Å²) in [4.78, 5) is 5.95. The number of nitrogens with zero attached hydrogens (tertiary/aromatic N) is 1. The number of pyridine rings is 1. The average molecular weight is 343 g/mol. The molecule has 0 unspecified atom stereocenters. The number of hydrogen-bond acceptors (Lipinski definition) is 3. The second-order valence-electron chi connectivity index (χ2n) is 6.68. The van der Waals surface area contributed by atoms with Crippen LogP contribution in [0, 0.1) is 20.8 Å². The zero-order chi connectivity index (χ0) is 17.1. The highest BCUT2D eigenvalue weighted by molar-refractivity contribution is 7.19. The number of rotatable bonds is 1. The third-order valence-corrected chi connectivity index (χ3v) is 5.92. The number of hydrogen-bond donors (Lipinski definition) is 0. The van der Waals surface area contributed by atoms with Crippen LogP contribution >= 0.6 is 11.3 Å². The van der Waals surface area contributed by atoms with Crippen molar-refractivity contribution in [2.24, 2.45) is 0 Å². The first-order valence-corrected chi connectivity index (χ1v) is 9.21. The molecule has 0 N–H and O–H groups in total. The molecule has 0 spiro atoms. The predicted octanol–water partition coefficient (Wildman–Crippen LogP) is 6.79. The predicted molar refractivity (Wildman–Crippen MR) is 107 cm³/mol. The number of furan rings is 1. The van der Waals surface area contributed by atoms with E-state index in [1.165, 1.54) is 31.5 Å². The topological polar surface area (TPSA) is 26.0 Å². The SMILES string of the molecule is Cc1cc2cc3c(cc2s1)oc1c(-c2cc(C)c(C)cn2)cccc13. The van der Waals surface area contributed by atoms with Crippen molar-refractivity contribution in [2.45, 2.75) is 20.8 Å². The van der Waals surface area contributed by atoms with E-state index < -0.39 is 0 Å². The number of benzene rings is 2. The molecular formula is C22H17NOS. The van der Waals surface area contributed by atoms with Crippen molar-refractivity contribution in [1.29, 1.82) is 0 Å². The van der Waals surface area contributed by atoms with Gasteiger partial charge in [-0.25, -0.2) is 0 Å². The lowest BCUT2D eigenvalue weighted by Crippen LogP contribution is -1.88. The van der Waals surface area contributed by atoms with Gasteiger partial charge in [-0.1, -0.05) is 12.1 Å². The van der Waals surface area contributed by atoms with Crippen molar-refractivity contribution in [2.75, 3.05) is 0 Å². The summed E-state index contributed by atoms with van der Waals surface area (Å²) >= 11 is 1.81. The lowest BCUT2D eigenvalue weighted by atomic mass is 10.0. The van der Waals surface area contributed by atoms with Crippen LogP contribution < -0.4 is 0 Å². The summed E-state index contributed by atoms with van der Waals surface area (Å²) in [6.45, 7) is 6.35. The first-order chi connectivity index (χ1) is 12.1. The standard InChI is InChI=1S/C22H17NOS/c1-12-7-19(23-11-13(12)2)17-6-4-5-16-18-9-15-8-14(3)25-21(15)10-20(18)24-22(16)17/h4-11H,1-3H3. The lowest BCUT2D eigenvalue weighted by Gasteiger charge is -2.05. The van der Waals surface area contributed by atoms with Gasteiger partial charge in [-0.3, -0.25) is 4.98 Å². The molecule has 3 heteroatoms. The Hall–Kier alpha value is -2.65. The fourth-order valence-electron chi connectivity index (χ4n) is 3.44. The molecule has 0 aliphatic carbocycles. The summed E-state index contributed by atoms with van der Waals surface area (Å²) in [5.41, 5.74) is 6.33. The smallest absolute Gasteiger partial charge is 0.144 e. The molecule has 0 saturated heterocycles. The van der Waals surface area contributed by atoms with Crippen molar-refractivity contribution in [3.63, 3.8) is 0 Å². The lowest BCUT2D eigenvalue weighted by molar-refractivity contribution is 0.670. The zero-order valence-corrected chi connectivity index (χ0v) is 15.2. The van der Waals surface area contributed by atoms with Gasteiger partial charge < -0.3 is 4.42 Å². The molecule has 2 aromatic carbocycles. The fraction of sp³-hybridized carbons (Fsp3) is 0.136. The van der Waals surface area contributed by atoms with Crippen LogP contribution in [0.4, 0.5) is 0 Å². The monoisotopic (exact) mass is 343 g/mol. The molecule has 3 heterocycles. The third-order valence-electron chi connectivity index (χ3n) is 4.91. The third kappa shape index (κ3) is 2.19. The van der Waals surface area contributed by atoms with Gasteiger partial charge in [0.1, 0.15) is 11.2 Å². The molecule has 0 aliphatic rings. The quantitative estimate of drug-likeness (QED) is 0.335. The summed E-state index contributed by atoms with van der Waals surface area (Å²) < 4.78 is 7.57. The Balaban J connectivity index is 1.84. The minimum atomic E-state index is 0.919. The molecule has 0 saturated carbocycles. The molecule has 0 bridgehead atoms. The molecule has 5 rings (SSSR count). The highest BCUT2D eigenvalue weighted by atomic mass is 32.1. The van der Waals surface area contributed by atoms with Gasteiger partial charge in [0.05, 0.1) is 5.69 Å². The molecular weight excluding hydrogens is 326 g/mol. The maximum atomic E-state index is 6.29. The Morgan fingerprint density at radius 3 is 2.64 bits per heavy atom. The highest BCUT2D eigenvalue weighted by Gasteiger charge is 2.14. The molecule has 25 heavy (non-hydrogen) atoms. The van der Waals surface area contributed by atoms with Crippen LogP contribution in [0.5, 0.6) is 0 Å². The molecule has 2 nitrogen and oxygen atoms in total. The van der Waals surface area contributed by atoms with Gasteiger partial charge in [-0.15, -0.1) is 11.3 Å². The largest absolute Gasteiger partial charge is 0.455 e. The minimum absolute atomic E-state index is 0.919. The minimum Gasteiger partial charge on any atom is -0.455 e. The Bertz CT molecular complexity index is 1280. The number of aromatic nitrogens is 1. The normalized spacial score (nSPS) is 11.8. The maximum Gasteiger partial charge on any atom is 0.144 e. The van der Waals surface area contributed by atoms with Crippen molar-refractivity contribution in [3.05, 3.63) is 64.7 Å². The van der Waals surface area contributed by atoms with Crippen molar-refractivity contribution < 1.29 is 4.42 Å². The number of thiophene rings is 1. The van der Waals surface area contributed by atoms with Gasteiger partial charge in [0.25, 0.3) is 0 Å². The van der Waals surface area contributed by atoms with E-state index >= 15 is 0 Å². The zero-order valence-electron chi connectivity index (χ0n) is 14.4. The van der Waals surface area contributed by atoms with E-state index in [4.69, 9.17) is 4.42 Å². The van der Waals surface area contributed by atoms with E-state index in [-0.39, 0.29) is 0 Å². The summed E-state index contributed by atoms with van der Waals surface area (Å²) in [5, 5.41) is 3.61. The Labute approximate surface area is 149 Å². The Kier molecular flexibility index (Phi) is 3.03. The average Bonchev–Trinajstić information content (AvgIpc) is 3.13. The first kappa shape index (κ1) is 14.7. The van der Waals surface area contributed by atoms with Gasteiger partial charge >= 0.3 is 0 Å². The van der Waals surface area contributed by atoms with Gasteiger partial charge in [0.2, 0.25) is 0 Å². The van der Waals surface area contributed by atoms with Crippen LogP contribution in [0.1, 0.15) is 16.0 Å². The summed E-state index contributed by atoms with van der Waals surface area (Å²) in [5.74, 6) is 0. The molecule has 0 amide bonds. The molecule has 122 valence electrons. The summed E-state index contributed by atoms with van der Waals surface area (Å²) in [6.07, 6.45) is 1.94. The van der Waals surface area contributed by atoms with Crippen molar-refractivity contribution in [3.8, 4) is 11.3 Å². The van der Waals surface area contributed by atoms with E-state index in [9.17, 15) is 0 Å². The molecule has 0 fully saturated rings. The van der Waals surface area contributed by atoms with E-state index in [1.54, 1.807) is 0 Å². The molecule has 5 aromatic rings. The number of para-hydroxylation sites is 1. The maximum absolute atomic E-state index is 6.29. The molecule has 0 radical (unpaired) electrons. The molecule has 0 aliphatic heterocycles. The van der Waals surface area contributed by atoms with E-state index in [2.05, 4.69) is 68.2 Å². The Morgan fingerprint density at radius 2 is 1.80 bits per heavy atom. The van der Waals surface area contributed by atoms with Crippen LogP contribution in [-0.2, 0) is 0 Å². The highest BCUT2D eigenvalue weighted by Crippen LogP contribution is 2.38. The van der Waals surface area contributed by atoms with E-state index in [0.29, 0.717) is 0 Å². The second kappa shape index (κ2) is 5.17. The molecule has 3 aromatic heterocycles. The van der Waals surface area contributed by atoms with Gasteiger partial charge in [0.15, 0.2) is 0 Å². The number of aryl methyl sites for hydroxylation is 3. The van der Waals surface area contributed by atoms with Crippen LogP contribution in [0.2, 0.25) is 0 Å². The number of fused-ring (bicyclic) bond motifs is 4. The van der Waals surface area contributed by atoms with E-state index in [0.717, 1.165) is 27.8 Å². The summed E-state index contributed by atoms with van der Waals surface area (Å²) in [6, 6.07) is 15.1. The van der Waals surface area contributed by atoms with Crippen LogP contribution in [0.15, 0.2) is 53.1 Å². The first-order valence-electron chi connectivity index (χ1n) is 8.39. The van der Waals surface area contributed by atoms with Crippen molar-refractivity contribution >= 4 is 43.4 Å². The van der Waals surface area contributed by atoms with Gasteiger partial charge in [-0.2, -0.15) is 0 Å². The van der Waals surface area contributed by atoms with E-state index in [1.807, 2.05) is 17.5 Å². The fourth-order valence-corrected chi connectivity index (χ4v) is 4.37. The molecule has 0 atom stereocenters. The van der Waals surface area contributed by atoms with Crippen LogP contribution in [0.25, 0.3) is 43.3 Å². The Morgan fingerprint density at radius 1 is 0.920 bits per heavy atom. The van der Waals surface area contributed by atoms with Crippen LogP contribution in [0.3, 0.4) is 0 Å².